The maximum absolute atomic E-state index is 11.6. The van der Waals surface area contributed by atoms with Crippen LogP contribution in [0, 0.1) is 6.92 Å². The number of primary sulfonamides is 1. The van der Waals surface area contributed by atoms with Gasteiger partial charge >= 0.3 is 0 Å². The van der Waals surface area contributed by atoms with Gasteiger partial charge in [0.15, 0.2) is 0 Å². The molecule has 8 nitrogen and oxygen atoms in total. The molecule has 0 aliphatic carbocycles. The number of primary amides is 1. The fourth-order valence-electron chi connectivity index (χ4n) is 2.42. The Hall–Kier alpha value is -1.84. The van der Waals surface area contributed by atoms with Crippen LogP contribution < -0.4 is 21.5 Å². The molecule has 6 N–H and O–H groups in total. The van der Waals surface area contributed by atoms with Crippen molar-refractivity contribution in [2.24, 2.45) is 10.9 Å². The normalized spacial score (nSPS) is 19.5. The third kappa shape index (κ3) is 3.09. The minimum absolute atomic E-state index is 0.0628. The van der Waals surface area contributed by atoms with Gasteiger partial charge in [0.25, 0.3) is 0 Å². The molecule has 0 radical (unpaired) electrons. The summed E-state index contributed by atoms with van der Waals surface area (Å²) in [5, 5.41) is 5.20. The second-order valence-corrected chi connectivity index (χ2v) is 6.42. The van der Waals surface area contributed by atoms with Gasteiger partial charge in [0.1, 0.15) is 6.04 Å². The van der Waals surface area contributed by atoms with Gasteiger partial charge in [0.05, 0.1) is 18.1 Å². The lowest BCUT2D eigenvalue weighted by Gasteiger charge is -2.36. The van der Waals surface area contributed by atoms with Crippen LogP contribution in [0.1, 0.15) is 5.56 Å². The summed E-state index contributed by atoms with van der Waals surface area (Å²) in [7, 11) is -3.91. The van der Waals surface area contributed by atoms with Crippen molar-refractivity contribution in [2.45, 2.75) is 17.9 Å². The number of nitrogen functional groups attached to an aromatic ring is 1. The van der Waals surface area contributed by atoms with Crippen LogP contribution in [0.2, 0.25) is 0 Å². The topological polar surface area (TPSA) is 142 Å². The summed E-state index contributed by atoms with van der Waals surface area (Å²) < 4.78 is 28.5. The molecule has 0 aromatic heterocycles. The smallest absolute Gasteiger partial charge is 0.242 e. The quantitative estimate of drug-likeness (QED) is 0.605. The van der Waals surface area contributed by atoms with Crippen LogP contribution in [0.3, 0.4) is 0 Å². The molecule has 0 spiro atoms. The Morgan fingerprint density at radius 2 is 2.10 bits per heavy atom. The van der Waals surface area contributed by atoms with Crippen LogP contribution in [0.4, 0.5) is 11.4 Å². The van der Waals surface area contributed by atoms with Crippen molar-refractivity contribution in [3.05, 3.63) is 17.7 Å². The van der Waals surface area contributed by atoms with Crippen molar-refractivity contribution in [1.29, 1.82) is 0 Å². The van der Waals surface area contributed by atoms with E-state index in [1.807, 2.05) is 0 Å². The number of benzene rings is 1. The van der Waals surface area contributed by atoms with Crippen molar-refractivity contribution in [3.63, 3.8) is 0 Å². The summed E-state index contributed by atoms with van der Waals surface area (Å²) in [5.74, 6) is -0.548. The first-order valence-electron chi connectivity index (χ1n) is 6.28. The number of nitrogens with zero attached hydrogens (tertiary/aromatic N) is 1. The Morgan fingerprint density at radius 3 is 2.67 bits per heavy atom. The number of rotatable bonds is 3. The number of amides is 1. The van der Waals surface area contributed by atoms with Crippen molar-refractivity contribution in [2.75, 3.05) is 30.4 Å². The number of morpholine rings is 1. The Balaban J connectivity index is 2.57. The van der Waals surface area contributed by atoms with E-state index in [2.05, 4.69) is 0 Å². The van der Waals surface area contributed by atoms with E-state index in [1.165, 1.54) is 6.07 Å². The summed E-state index contributed by atoms with van der Waals surface area (Å²) in [6, 6.07) is 2.23. The van der Waals surface area contributed by atoms with Crippen molar-refractivity contribution < 1.29 is 17.9 Å². The van der Waals surface area contributed by atoms with Gasteiger partial charge in [-0.15, -0.1) is 0 Å². The Kier molecular flexibility index (Phi) is 4.08. The van der Waals surface area contributed by atoms with Gasteiger partial charge < -0.3 is 21.1 Å². The van der Waals surface area contributed by atoms with Crippen molar-refractivity contribution in [3.8, 4) is 0 Å². The summed E-state index contributed by atoms with van der Waals surface area (Å²) in [5.41, 5.74) is 12.3. The molecule has 0 saturated carbocycles. The summed E-state index contributed by atoms with van der Waals surface area (Å²) in [4.78, 5) is 13.2. The molecule has 1 aliphatic rings. The zero-order valence-electron chi connectivity index (χ0n) is 11.6. The molecule has 1 aromatic rings. The van der Waals surface area contributed by atoms with E-state index >= 15 is 0 Å². The third-order valence-corrected chi connectivity index (χ3v) is 4.46. The molecule has 116 valence electrons. The lowest BCUT2D eigenvalue weighted by molar-refractivity contribution is -0.121. The van der Waals surface area contributed by atoms with Crippen LogP contribution in [0.5, 0.6) is 0 Å². The Labute approximate surface area is 122 Å². The molecule has 0 bridgehead atoms. The average molecular weight is 314 g/mol. The molecule has 1 atom stereocenters. The number of hydrogen-bond acceptors (Lipinski definition) is 6. The first-order chi connectivity index (χ1) is 9.71. The van der Waals surface area contributed by atoms with Gasteiger partial charge in [-0.25, -0.2) is 13.6 Å². The number of anilines is 2. The van der Waals surface area contributed by atoms with E-state index in [4.69, 9.17) is 21.3 Å². The van der Waals surface area contributed by atoms with Crippen molar-refractivity contribution in [1.82, 2.24) is 0 Å². The second kappa shape index (κ2) is 5.51. The lowest BCUT2D eigenvalue weighted by atomic mass is 10.1. The van der Waals surface area contributed by atoms with Crippen LogP contribution in [-0.4, -0.2) is 40.1 Å². The predicted octanol–water partition coefficient (Wildman–Crippen LogP) is -1.08. The summed E-state index contributed by atoms with van der Waals surface area (Å²) in [6.07, 6.45) is 0. The molecule has 21 heavy (non-hydrogen) atoms. The molecular formula is C12H18N4O4S. The highest BCUT2D eigenvalue weighted by Gasteiger charge is 2.30. The van der Waals surface area contributed by atoms with Gasteiger partial charge in [-0.2, -0.15) is 0 Å². The number of carbonyl (C=O) groups is 1. The number of carbonyl (C=O) groups excluding carboxylic acids is 1. The lowest BCUT2D eigenvalue weighted by Crippen LogP contribution is -2.53. The Bertz CT molecular complexity index is 674. The summed E-state index contributed by atoms with van der Waals surface area (Å²) >= 11 is 0. The van der Waals surface area contributed by atoms with Crippen molar-refractivity contribution >= 4 is 27.3 Å². The molecule has 1 heterocycles. The van der Waals surface area contributed by atoms with Crippen LogP contribution in [0.25, 0.3) is 0 Å². The molecule has 2 rings (SSSR count). The number of nitrogens with two attached hydrogens (primary N) is 3. The molecule has 1 aliphatic heterocycles. The predicted molar refractivity (Wildman–Crippen MR) is 78.1 cm³/mol. The van der Waals surface area contributed by atoms with Gasteiger partial charge in [-0.1, -0.05) is 0 Å². The maximum Gasteiger partial charge on any atom is 0.242 e. The first-order valence-corrected chi connectivity index (χ1v) is 7.83. The molecule has 1 fully saturated rings. The molecule has 1 aromatic carbocycles. The molecule has 1 saturated heterocycles. The number of sulfonamides is 1. The number of hydrogen-bond donors (Lipinski definition) is 3. The highest BCUT2D eigenvalue weighted by Crippen LogP contribution is 2.31. The highest BCUT2D eigenvalue weighted by molar-refractivity contribution is 7.89. The van der Waals surface area contributed by atoms with E-state index in [-0.39, 0.29) is 17.2 Å². The monoisotopic (exact) mass is 314 g/mol. The first kappa shape index (κ1) is 15.5. The van der Waals surface area contributed by atoms with Gasteiger partial charge in [0, 0.05) is 17.9 Å². The fourth-order valence-corrected chi connectivity index (χ4v) is 3.25. The van der Waals surface area contributed by atoms with Crippen LogP contribution in [-0.2, 0) is 19.6 Å². The SMILES string of the molecule is Cc1c(N2CCOCC2C(N)=O)cc(N)cc1S(N)(=O)=O. The van der Waals surface area contributed by atoms with Crippen LogP contribution >= 0.6 is 0 Å². The fraction of sp³-hybridized carbons (Fsp3) is 0.417. The zero-order chi connectivity index (χ0) is 15.8. The van der Waals surface area contributed by atoms with Gasteiger partial charge in [-0.05, 0) is 24.6 Å². The zero-order valence-corrected chi connectivity index (χ0v) is 12.4. The summed E-state index contributed by atoms with van der Waals surface area (Å²) in [6.45, 7) is 2.57. The number of ether oxygens (including phenoxy) is 1. The molecular weight excluding hydrogens is 296 g/mol. The van der Waals surface area contributed by atoms with E-state index < -0.39 is 22.0 Å². The van der Waals surface area contributed by atoms with E-state index in [0.29, 0.717) is 24.4 Å². The average Bonchev–Trinajstić information content (AvgIpc) is 2.39. The minimum atomic E-state index is -3.91. The minimum Gasteiger partial charge on any atom is -0.399 e. The largest absolute Gasteiger partial charge is 0.399 e. The van der Waals surface area contributed by atoms with Gasteiger partial charge in [-0.3, -0.25) is 4.79 Å². The Morgan fingerprint density at radius 1 is 1.43 bits per heavy atom. The second-order valence-electron chi connectivity index (χ2n) is 4.89. The third-order valence-electron chi connectivity index (χ3n) is 3.43. The standard InChI is InChI=1S/C12H18N4O4S/c1-7-9(4-8(13)5-11(7)21(15,18)19)16-2-3-20-6-10(16)12(14)17/h4-5,10H,2-3,6,13H2,1H3,(H2,14,17)(H2,15,18,19). The molecule has 1 amide bonds. The molecule has 1 unspecified atom stereocenters. The molecule has 9 heteroatoms. The van der Waals surface area contributed by atoms with Gasteiger partial charge in [0.2, 0.25) is 15.9 Å². The maximum atomic E-state index is 11.6. The van der Waals surface area contributed by atoms with Crippen LogP contribution in [0.15, 0.2) is 17.0 Å². The highest BCUT2D eigenvalue weighted by atomic mass is 32.2. The van der Waals surface area contributed by atoms with E-state index in [1.54, 1.807) is 17.9 Å². The van der Waals surface area contributed by atoms with E-state index in [0.717, 1.165) is 0 Å². The van der Waals surface area contributed by atoms with E-state index in [9.17, 15) is 13.2 Å².